The van der Waals surface area contributed by atoms with E-state index in [9.17, 15) is 0 Å². The maximum absolute atomic E-state index is 2.44. The lowest BCUT2D eigenvalue weighted by Crippen LogP contribution is -2.26. The van der Waals surface area contributed by atoms with E-state index in [2.05, 4.69) is 92.7 Å². The van der Waals surface area contributed by atoms with Gasteiger partial charge in [-0.25, -0.2) is 0 Å². The molecule has 1 unspecified atom stereocenters. The van der Waals surface area contributed by atoms with E-state index in [1.54, 1.807) is 21.7 Å². The molecule has 1 aliphatic heterocycles. The number of aryl methyl sites for hydroxylation is 1. The third-order valence-corrected chi connectivity index (χ3v) is 10.2. The fourth-order valence-corrected chi connectivity index (χ4v) is 8.82. The lowest BCUT2D eigenvalue weighted by Gasteiger charge is -2.26. The molecule has 0 radical (unpaired) electrons. The highest BCUT2D eigenvalue weighted by molar-refractivity contribution is 7.88. The summed E-state index contributed by atoms with van der Waals surface area (Å²) in [6, 6.07) is 29.7. The van der Waals surface area contributed by atoms with Gasteiger partial charge in [-0.05, 0) is 54.7 Å². The van der Waals surface area contributed by atoms with E-state index < -0.39 is 7.26 Å². The van der Waals surface area contributed by atoms with E-state index in [-0.39, 0.29) is 0 Å². The topological polar surface area (TPSA) is 0 Å². The van der Waals surface area contributed by atoms with Gasteiger partial charge < -0.3 is 0 Å². The molecule has 0 spiro atoms. The van der Waals surface area contributed by atoms with Crippen molar-refractivity contribution >= 4 is 17.9 Å². The molecule has 0 N–H and O–H groups in total. The monoisotopic (exact) mass is 345 g/mol. The Labute approximate surface area is 152 Å². The zero-order valence-electron chi connectivity index (χ0n) is 15.2. The summed E-state index contributed by atoms with van der Waals surface area (Å²) in [7, 11) is -1.43. The second-order valence-electron chi connectivity index (χ2n) is 7.41. The Kier molecular flexibility index (Phi) is 4.48. The Hall–Kier alpha value is -1.91. The fraction of sp³-hybridized carbons (Fsp3) is 0.250. The van der Waals surface area contributed by atoms with Crippen molar-refractivity contribution in [1.29, 1.82) is 0 Å². The molecule has 0 aromatic heterocycles. The summed E-state index contributed by atoms with van der Waals surface area (Å²) in [5.41, 5.74) is 4.53. The van der Waals surface area contributed by atoms with Gasteiger partial charge in [0.2, 0.25) is 0 Å². The van der Waals surface area contributed by atoms with Crippen LogP contribution in [0.1, 0.15) is 36.0 Å². The van der Waals surface area contributed by atoms with Crippen LogP contribution in [-0.4, -0.2) is 6.16 Å². The van der Waals surface area contributed by atoms with Crippen molar-refractivity contribution in [1.82, 2.24) is 0 Å². The van der Waals surface area contributed by atoms with Crippen molar-refractivity contribution in [2.75, 3.05) is 6.16 Å². The SMILES string of the molecule is Cc1ccc2c(c1)C[P+](c1ccccc1)(c1ccccc1)CCC2C. The lowest BCUT2D eigenvalue weighted by atomic mass is 9.93. The molecule has 1 heteroatoms. The molecule has 126 valence electrons. The van der Waals surface area contributed by atoms with Gasteiger partial charge in [-0.15, -0.1) is 0 Å². The van der Waals surface area contributed by atoms with Crippen LogP contribution in [0.25, 0.3) is 0 Å². The van der Waals surface area contributed by atoms with Crippen LogP contribution in [0.4, 0.5) is 0 Å². The average Bonchev–Trinajstić information content (AvgIpc) is 2.80. The normalized spacial score (nSPS) is 19.0. The summed E-state index contributed by atoms with van der Waals surface area (Å²) in [4.78, 5) is 0. The van der Waals surface area contributed by atoms with Crippen LogP contribution in [0.3, 0.4) is 0 Å². The molecular weight excluding hydrogens is 319 g/mol. The molecule has 1 heterocycles. The molecule has 0 saturated heterocycles. The van der Waals surface area contributed by atoms with Gasteiger partial charge in [-0.2, -0.15) is 0 Å². The first-order chi connectivity index (χ1) is 12.2. The summed E-state index contributed by atoms with van der Waals surface area (Å²) >= 11 is 0. The second-order valence-corrected chi connectivity index (χ2v) is 11.1. The largest absolute Gasteiger partial charge is 0.0995 e. The zero-order chi connectivity index (χ0) is 17.3. The molecular formula is C24H26P+. The minimum Gasteiger partial charge on any atom is -0.0620 e. The highest BCUT2D eigenvalue weighted by Gasteiger charge is 2.45. The first kappa shape index (κ1) is 16.6. The van der Waals surface area contributed by atoms with Crippen LogP contribution in [-0.2, 0) is 6.16 Å². The van der Waals surface area contributed by atoms with E-state index in [1.807, 2.05) is 0 Å². The zero-order valence-corrected chi connectivity index (χ0v) is 16.0. The molecule has 0 bridgehead atoms. The third kappa shape index (κ3) is 3.05. The molecule has 25 heavy (non-hydrogen) atoms. The smallest absolute Gasteiger partial charge is 0.0620 e. The van der Waals surface area contributed by atoms with Gasteiger partial charge in [0, 0.05) is 0 Å². The van der Waals surface area contributed by atoms with E-state index in [0.717, 1.165) is 0 Å². The summed E-state index contributed by atoms with van der Waals surface area (Å²) in [5, 5.41) is 3.12. The standard InChI is InChI=1S/C24H26P/c1-19-13-14-24-20(2)15-16-25(18-21(24)17-19,22-9-5-3-6-10-22)23-11-7-4-8-12-23/h3-14,17,20H,15-16,18H2,1-2H3/q+1. The van der Waals surface area contributed by atoms with Gasteiger partial charge in [-0.1, -0.05) is 67.1 Å². The minimum atomic E-state index is -1.43. The van der Waals surface area contributed by atoms with Crippen molar-refractivity contribution in [3.8, 4) is 0 Å². The van der Waals surface area contributed by atoms with E-state index in [4.69, 9.17) is 0 Å². The predicted octanol–water partition coefficient (Wildman–Crippen LogP) is 5.67. The van der Waals surface area contributed by atoms with E-state index >= 15 is 0 Å². The predicted molar refractivity (Wildman–Crippen MR) is 112 cm³/mol. The van der Waals surface area contributed by atoms with Gasteiger partial charge in [0.25, 0.3) is 0 Å². The molecule has 4 rings (SSSR count). The van der Waals surface area contributed by atoms with Gasteiger partial charge in [-0.3, -0.25) is 0 Å². The van der Waals surface area contributed by atoms with Crippen LogP contribution in [0, 0.1) is 6.92 Å². The molecule has 0 fully saturated rings. The average molecular weight is 345 g/mol. The molecule has 0 amide bonds. The van der Waals surface area contributed by atoms with E-state index in [0.29, 0.717) is 5.92 Å². The lowest BCUT2D eigenvalue weighted by molar-refractivity contribution is 0.739. The first-order valence-corrected chi connectivity index (χ1v) is 11.4. The summed E-state index contributed by atoms with van der Waals surface area (Å²) in [5.74, 6) is 0.643. The Morgan fingerprint density at radius 2 is 1.40 bits per heavy atom. The van der Waals surface area contributed by atoms with Gasteiger partial charge in [0.05, 0.1) is 30.2 Å². The van der Waals surface area contributed by atoms with Gasteiger partial charge in [0.15, 0.2) is 0 Å². The van der Waals surface area contributed by atoms with Crippen molar-refractivity contribution in [3.05, 3.63) is 95.6 Å². The molecule has 1 atom stereocenters. The summed E-state index contributed by atoms with van der Waals surface area (Å²) < 4.78 is 0. The molecule has 1 aliphatic rings. The number of hydrogen-bond donors (Lipinski definition) is 0. The van der Waals surface area contributed by atoms with Crippen molar-refractivity contribution < 1.29 is 0 Å². The van der Waals surface area contributed by atoms with Crippen molar-refractivity contribution in [2.24, 2.45) is 0 Å². The molecule has 3 aromatic rings. The minimum absolute atomic E-state index is 0.643. The number of fused-ring (bicyclic) bond motifs is 1. The van der Waals surface area contributed by atoms with Crippen LogP contribution < -0.4 is 10.6 Å². The highest BCUT2D eigenvalue weighted by atomic mass is 31.2. The Morgan fingerprint density at radius 3 is 2.00 bits per heavy atom. The molecule has 3 aromatic carbocycles. The number of rotatable bonds is 2. The third-order valence-electron chi connectivity index (χ3n) is 5.71. The molecule has 0 aliphatic carbocycles. The summed E-state index contributed by atoms with van der Waals surface area (Å²) in [6.45, 7) is 4.63. The maximum Gasteiger partial charge on any atom is 0.0995 e. The number of hydrogen-bond acceptors (Lipinski definition) is 0. The van der Waals surface area contributed by atoms with Crippen LogP contribution in [0.15, 0.2) is 78.9 Å². The Morgan fingerprint density at radius 1 is 0.800 bits per heavy atom. The fourth-order valence-electron chi connectivity index (χ4n) is 4.31. The van der Waals surface area contributed by atoms with E-state index in [1.165, 1.54) is 24.3 Å². The number of benzene rings is 3. The quantitative estimate of drug-likeness (QED) is 0.525. The first-order valence-electron chi connectivity index (χ1n) is 9.27. The van der Waals surface area contributed by atoms with Crippen molar-refractivity contribution in [3.63, 3.8) is 0 Å². The van der Waals surface area contributed by atoms with Gasteiger partial charge >= 0.3 is 0 Å². The summed E-state index contributed by atoms with van der Waals surface area (Å²) in [6.07, 6.45) is 3.77. The molecule has 0 nitrogen and oxygen atoms in total. The van der Waals surface area contributed by atoms with Gasteiger partial charge in [0.1, 0.15) is 0 Å². The van der Waals surface area contributed by atoms with Crippen LogP contribution in [0.5, 0.6) is 0 Å². The Balaban J connectivity index is 1.93. The van der Waals surface area contributed by atoms with Crippen LogP contribution >= 0.6 is 7.26 Å². The maximum atomic E-state index is 2.44. The highest BCUT2D eigenvalue weighted by Crippen LogP contribution is 2.62. The molecule has 0 saturated carbocycles. The van der Waals surface area contributed by atoms with Crippen LogP contribution in [0.2, 0.25) is 0 Å². The van der Waals surface area contributed by atoms with Crippen molar-refractivity contribution in [2.45, 2.75) is 32.3 Å². The second kappa shape index (κ2) is 6.77. The Bertz CT molecular complexity index is 812.